The van der Waals surface area contributed by atoms with E-state index in [9.17, 15) is 22.8 Å². The van der Waals surface area contributed by atoms with Crippen LogP contribution in [0.1, 0.15) is 37.8 Å². The smallest absolute Gasteiger partial charge is 0.435 e. The Balaban J connectivity index is 2.05. The molecule has 1 aliphatic carbocycles. The van der Waals surface area contributed by atoms with Gasteiger partial charge in [-0.15, -0.1) is 0 Å². The molecule has 0 aromatic carbocycles. The van der Waals surface area contributed by atoms with E-state index in [1.807, 2.05) is 0 Å². The lowest BCUT2D eigenvalue weighted by Gasteiger charge is -2.35. The number of nitrogens with one attached hydrogen (secondary N) is 1. The molecule has 6 nitrogen and oxygen atoms in total. The standard InChI is InChI=1S/C14H18F3N3O3/c1-23-12(22)13(6-3-2-4-7-13)18-11(21)9-20-8-5-10(19-20)14(15,16)17/h5,8H,2-4,6-7,9H2,1H3,(H,18,21). The number of alkyl halides is 3. The largest absolute Gasteiger partial charge is 0.467 e. The number of hydrogen-bond acceptors (Lipinski definition) is 4. The maximum absolute atomic E-state index is 12.5. The van der Waals surface area contributed by atoms with E-state index in [0.29, 0.717) is 12.8 Å². The zero-order valence-corrected chi connectivity index (χ0v) is 12.7. The van der Waals surface area contributed by atoms with E-state index < -0.39 is 35.8 Å². The molecule has 1 aliphatic rings. The average molecular weight is 333 g/mol. The van der Waals surface area contributed by atoms with Gasteiger partial charge in [-0.1, -0.05) is 19.3 Å². The van der Waals surface area contributed by atoms with Crippen LogP contribution in [0.25, 0.3) is 0 Å². The Morgan fingerprint density at radius 1 is 1.35 bits per heavy atom. The second kappa shape index (κ2) is 6.59. The highest BCUT2D eigenvalue weighted by molar-refractivity contribution is 5.88. The van der Waals surface area contributed by atoms with E-state index in [2.05, 4.69) is 10.4 Å². The summed E-state index contributed by atoms with van der Waals surface area (Å²) in [6.07, 6.45) is -0.0590. The van der Waals surface area contributed by atoms with E-state index in [4.69, 9.17) is 4.74 Å². The van der Waals surface area contributed by atoms with Crippen molar-refractivity contribution in [2.75, 3.05) is 7.11 Å². The van der Waals surface area contributed by atoms with Crippen molar-refractivity contribution in [3.05, 3.63) is 18.0 Å². The van der Waals surface area contributed by atoms with Crippen LogP contribution in [0.5, 0.6) is 0 Å². The Morgan fingerprint density at radius 3 is 2.52 bits per heavy atom. The highest BCUT2D eigenvalue weighted by Gasteiger charge is 2.42. The van der Waals surface area contributed by atoms with Crippen molar-refractivity contribution in [2.45, 2.75) is 50.4 Å². The highest BCUT2D eigenvalue weighted by atomic mass is 19.4. The minimum Gasteiger partial charge on any atom is -0.467 e. The fourth-order valence-electron chi connectivity index (χ4n) is 2.79. The first-order valence-electron chi connectivity index (χ1n) is 7.27. The van der Waals surface area contributed by atoms with Crippen molar-refractivity contribution < 1.29 is 27.5 Å². The van der Waals surface area contributed by atoms with Gasteiger partial charge in [-0.25, -0.2) is 4.79 Å². The normalized spacial score (nSPS) is 17.6. The molecule has 0 aliphatic heterocycles. The predicted molar refractivity (Wildman–Crippen MR) is 73.2 cm³/mol. The molecule has 0 bridgehead atoms. The third kappa shape index (κ3) is 4.02. The minimum atomic E-state index is -4.56. The molecule has 1 aromatic heterocycles. The number of methoxy groups -OCH3 is 1. The fraction of sp³-hybridized carbons (Fsp3) is 0.643. The van der Waals surface area contributed by atoms with Crippen molar-refractivity contribution in [1.29, 1.82) is 0 Å². The Labute approximate surface area is 131 Å². The lowest BCUT2D eigenvalue weighted by atomic mass is 9.81. The van der Waals surface area contributed by atoms with Gasteiger partial charge in [0, 0.05) is 6.20 Å². The van der Waals surface area contributed by atoms with E-state index in [1.165, 1.54) is 7.11 Å². The van der Waals surface area contributed by atoms with E-state index in [0.717, 1.165) is 36.2 Å². The van der Waals surface area contributed by atoms with Crippen LogP contribution in [-0.4, -0.2) is 34.3 Å². The molecule has 0 radical (unpaired) electrons. The van der Waals surface area contributed by atoms with Crippen LogP contribution >= 0.6 is 0 Å². The first kappa shape index (κ1) is 17.3. The quantitative estimate of drug-likeness (QED) is 0.854. The summed E-state index contributed by atoms with van der Waals surface area (Å²) in [6, 6.07) is 0.796. The molecule has 0 unspecified atom stereocenters. The van der Waals surface area contributed by atoms with Crippen LogP contribution in [0, 0.1) is 0 Å². The van der Waals surface area contributed by atoms with Crippen molar-refractivity contribution in [2.24, 2.45) is 0 Å². The van der Waals surface area contributed by atoms with Gasteiger partial charge in [-0.2, -0.15) is 18.3 Å². The van der Waals surface area contributed by atoms with Crippen molar-refractivity contribution >= 4 is 11.9 Å². The molecule has 128 valence electrons. The number of hydrogen-bond donors (Lipinski definition) is 1. The number of amides is 1. The monoisotopic (exact) mass is 333 g/mol. The van der Waals surface area contributed by atoms with Gasteiger partial charge in [0.1, 0.15) is 12.1 Å². The lowest BCUT2D eigenvalue weighted by Crippen LogP contribution is -2.56. The summed E-state index contributed by atoms with van der Waals surface area (Å²) in [7, 11) is 1.24. The summed E-state index contributed by atoms with van der Waals surface area (Å²) >= 11 is 0. The molecule has 0 spiro atoms. The molecule has 1 saturated carbocycles. The number of esters is 1. The highest BCUT2D eigenvalue weighted by Crippen LogP contribution is 2.30. The van der Waals surface area contributed by atoms with E-state index in [-0.39, 0.29) is 0 Å². The number of carbonyl (C=O) groups excluding carboxylic acids is 2. The van der Waals surface area contributed by atoms with E-state index >= 15 is 0 Å². The second-order valence-electron chi connectivity index (χ2n) is 5.58. The van der Waals surface area contributed by atoms with Crippen molar-refractivity contribution in [1.82, 2.24) is 15.1 Å². The lowest BCUT2D eigenvalue weighted by molar-refractivity contribution is -0.152. The zero-order chi connectivity index (χ0) is 17.1. The molecule has 1 aromatic rings. The summed E-state index contributed by atoms with van der Waals surface area (Å²) in [6.45, 7) is -0.394. The van der Waals surface area contributed by atoms with Crippen LogP contribution in [0.2, 0.25) is 0 Å². The minimum absolute atomic E-state index is 0.394. The third-order valence-electron chi connectivity index (χ3n) is 3.90. The molecule has 9 heteroatoms. The van der Waals surface area contributed by atoms with Crippen LogP contribution in [-0.2, 0) is 27.0 Å². The molecule has 23 heavy (non-hydrogen) atoms. The molecule has 0 saturated heterocycles. The zero-order valence-electron chi connectivity index (χ0n) is 12.7. The third-order valence-corrected chi connectivity index (χ3v) is 3.90. The van der Waals surface area contributed by atoms with Gasteiger partial charge < -0.3 is 10.1 Å². The number of nitrogens with zero attached hydrogens (tertiary/aromatic N) is 2. The maximum Gasteiger partial charge on any atom is 0.435 e. The van der Waals surface area contributed by atoms with Crippen LogP contribution in [0.4, 0.5) is 13.2 Å². The average Bonchev–Trinajstić information content (AvgIpc) is 2.95. The molecule has 0 atom stereocenters. The summed E-state index contributed by atoms with van der Waals surface area (Å²) in [5.41, 5.74) is -2.16. The fourth-order valence-corrected chi connectivity index (χ4v) is 2.79. The molecular weight excluding hydrogens is 315 g/mol. The van der Waals surface area contributed by atoms with E-state index in [1.54, 1.807) is 0 Å². The van der Waals surface area contributed by atoms with Gasteiger partial charge in [0.25, 0.3) is 0 Å². The van der Waals surface area contributed by atoms with Gasteiger partial charge in [0.2, 0.25) is 5.91 Å². The second-order valence-corrected chi connectivity index (χ2v) is 5.58. The summed E-state index contributed by atoms with van der Waals surface area (Å²) in [5.74, 6) is -1.10. The Bertz CT molecular complexity index is 577. The number of carbonyl (C=O) groups is 2. The Morgan fingerprint density at radius 2 is 2.00 bits per heavy atom. The van der Waals surface area contributed by atoms with Crippen molar-refractivity contribution in [3.8, 4) is 0 Å². The molecule has 1 heterocycles. The predicted octanol–water partition coefficient (Wildman–Crippen LogP) is 1.89. The summed E-state index contributed by atoms with van der Waals surface area (Å²) in [5, 5.41) is 5.94. The van der Waals surface area contributed by atoms with Gasteiger partial charge in [0.05, 0.1) is 7.11 Å². The number of ether oxygens (including phenoxy) is 1. The maximum atomic E-state index is 12.5. The molecule has 2 rings (SSSR count). The van der Waals surface area contributed by atoms with Crippen LogP contribution in [0.15, 0.2) is 12.3 Å². The van der Waals surface area contributed by atoms with Crippen LogP contribution in [0.3, 0.4) is 0 Å². The summed E-state index contributed by atoms with van der Waals surface area (Å²) in [4.78, 5) is 24.1. The number of rotatable bonds is 4. The SMILES string of the molecule is COC(=O)C1(NC(=O)Cn2ccc(C(F)(F)F)n2)CCCCC1. The summed E-state index contributed by atoms with van der Waals surface area (Å²) < 4.78 is 43.1. The Hall–Kier alpha value is -2.06. The molecule has 1 N–H and O–H groups in total. The first-order chi connectivity index (χ1) is 10.8. The number of halogens is 3. The molecule has 1 fully saturated rings. The van der Waals surface area contributed by atoms with Crippen molar-refractivity contribution in [3.63, 3.8) is 0 Å². The van der Waals surface area contributed by atoms with Gasteiger partial charge in [-0.3, -0.25) is 9.48 Å². The molecule has 1 amide bonds. The van der Waals surface area contributed by atoms with Gasteiger partial charge >= 0.3 is 12.1 Å². The van der Waals surface area contributed by atoms with Gasteiger partial charge in [0.15, 0.2) is 5.69 Å². The first-order valence-corrected chi connectivity index (χ1v) is 7.27. The Kier molecular flexibility index (Phi) is 4.96. The molecular formula is C14H18F3N3O3. The topological polar surface area (TPSA) is 73.2 Å². The van der Waals surface area contributed by atoms with Crippen LogP contribution < -0.4 is 5.32 Å². The number of aromatic nitrogens is 2. The van der Waals surface area contributed by atoms with Gasteiger partial charge in [-0.05, 0) is 18.9 Å².